The molecule has 3 rings (SSSR count). The molecule has 3 amide bonds. The molecule has 1 unspecified atom stereocenters. The highest BCUT2D eigenvalue weighted by Gasteiger charge is 2.39. The highest BCUT2D eigenvalue weighted by molar-refractivity contribution is 5.94. The number of carbonyl (C=O) groups excluding carboxylic acids is 3. The Bertz CT molecular complexity index is 1040. The first-order valence-electron chi connectivity index (χ1n) is 12.0. The normalized spacial score (nSPS) is 20.1. The van der Waals surface area contributed by atoms with Crippen molar-refractivity contribution in [1.29, 1.82) is 5.41 Å². The molecule has 0 saturated carbocycles. The van der Waals surface area contributed by atoms with Crippen molar-refractivity contribution in [2.45, 2.75) is 25.7 Å². The number of guanidine groups is 1. The van der Waals surface area contributed by atoms with Gasteiger partial charge in [0.15, 0.2) is 5.96 Å². The van der Waals surface area contributed by atoms with Crippen molar-refractivity contribution in [3.8, 4) is 0 Å². The van der Waals surface area contributed by atoms with E-state index in [1.807, 2.05) is 42.5 Å². The third kappa shape index (κ3) is 7.17. The molecule has 1 aromatic rings. The molecule has 2 aliphatic rings. The number of likely N-dealkylation sites (N-methyl/N-ethyl adjacent to an activating group) is 1. The molecule has 4 N–H and O–H groups in total. The van der Waals surface area contributed by atoms with Gasteiger partial charge in [0.2, 0.25) is 17.7 Å². The molecule has 1 heterocycles. The summed E-state index contributed by atoms with van der Waals surface area (Å²) in [5, 5.41) is 9.65. The standard InChI is InChI=1S/C26H35N5O5/c1-30-16-24(34)31(17-23(30)33)18-26(12-10-22(32)29-25(27)28)11-9-20(19-7-4-3-5-8-19)21(15-26)36-14-6-13-35-2/h3-5,7-9,11H,6,10,12-18H2,1-2H3,(H4,27,28,29,32). The lowest BCUT2D eigenvalue weighted by atomic mass is 9.74. The number of rotatable bonds is 11. The number of methoxy groups -OCH3 is 1. The van der Waals surface area contributed by atoms with Crippen LogP contribution in [0.25, 0.3) is 5.57 Å². The Morgan fingerprint density at radius 3 is 2.61 bits per heavy atom. The second-order valence-electron chi connectivity index (χ2n) is 9.23. The second-order valence-corrected chi connectivity index (χ2v) is 9.23. The minimum absolute atomic E-state index is 0.0101. The Kier molecular flexibility index (Phi) is 9.24. The van der Waals surface area contributed by atoms with Gasteiger partial charge in [-0.15, -0.1) is 0 Å². The zero-order valence-corrected chi connectivity index (χ0v) is 20.9. The van der Waals surface area contributed by atoms with Gasteiger partial charge in [-0.3, -0.25) is 25.1 Å². The maximum absolute atomic E-state index is 12.8. The summed E-state index contributed by atoms with van der Waals surface area (Å²) in [6.07, 6.45) is 5.64. The molecular formula is C26H35N5O5. The van der Waals surface area contributed by atoms with E-state index in [1.54, 1.807) is 19.1 Å². The number of allylic oxidation sites excluding steroid dienone is 3. The molecule has 10 nitrogen and oxygen atoms in total. The largest absolute Gasteiger partial charge is 0.497 e. The van der Waals surface area contributed by atoms with Crippen LogP contribution in [0.3, 0.4) is 0 Å². The number of nitrogens with zero attached hydrogens (tertiary/aromatic N) is 2. The van der Waals surface area contributed by atoms with Crippen molar-refractivity contribution in [3.63, 3.8) is 0 Å². The van der Waals surface area contributed by atoms with Crippen molar-refractivity contribution in [2.24, 2.45) is 11.1 Å². The van der Waals surface area contributed by atoms with Crippen LogP contribution in [0.1, 0.15) is 31.2 Å². The number of hydrogen-bond donors (Lipinski definition) is 3. The zero-order chi connectivity index (χ0) is 26.1. The summed E-state index contributed by atoms with van der Waals surface area (Å²) < 4.78 is 11.4. The molecule has 1 atom stereocenters. The van der Waals surface area contributed by atoms with Crippen molar-refractivity contribution in [3.05, 3.63) is 53.8 Å². The Morgan fingerprint density at radius 1 is 1.17 bits per heavy atom. The third-order valence-electron chi connectivity index (χ3n) is 6.38. The smallest absolute Gasteiger partial charge is 0.242 e. The van der Waals surface area contributed by atoms with Crippen LogP contribution in [0.2, 0.25) is 0 Å². The van der Waals surface area contributed by atoms with Gasteiger partial charge in [-0.2, -0.15) is 0 Å². The van der Waals surface area contributed by atoms with Gasteiger partial charge in [0.1, 0.15) is 5.76 Å². The molecule has 0 bridgehead atoms. The van der Waals surface area contributed by atoms with Gasteiger partial charge in [-0.05, 0) is 12.0 Å². The van der Waals surface area contributed by atoms with Crippen LogP contribution >= 0.6 is 0 Å². The van der Waals surface area contributed by atoms with E-state index in [1.165, 1.54) is 4.90 Å². The van der Waals surface area contributed by atoms with Crippen LogP contribution in [-0.4, -0.2) is 80.5 Å². The van der Waals surface area contributed by atoms with Gasteiger partial charge < -0.3 is 25.0 Å². The fourth-order valence-corrected chi connectivity index (χ4v) is 4.45. The summed E-state index contributed by atoms with van der Waals surface area (Å²) in [5.41, 5.74) is 6.62. The zero-order valence-electron chi connectivity index (χ0n) is 20.9. The second kappa shape index (κ2) is 12.3. The number of amides is 3. The van der Waals surface area contributed by atoms with E-state index >= 15 is 0 Å². The van der Waals surface area contributed by atoms with Crippen molar-refractivity contribution in [2.75, 3.05) is 47.0 Å². The monoisotopic (exact) mass is 497 g/mol. The van der Waals surface area contributed by atoms with Crippen molar-refractivity contribution < 1.29 is 23.9 Å². The van der Waals surface area contributed by atoms with Crippen LogP contribution in [0, 0.1) is 10.8 Å². The molecule has 0 spiro atoms. The average molecular weight is 498 g/mol. The number of nitrogens with one attached hydrogen (secondary N) is 2. The van der Waals surface area contributed by atoms with Gasteiger partial charge in [-0.1, -0.05) is 42.5 Å². The Hall–Kier alpha value is -3.66. The number of piperazine rings is 1. The van der Waals surface area contributed by atoms with E-state index < -0.39 is 11.4 Å². The van der Waals surface area contributed by atoms with E-state index in [0.29, 0.717) is 32.5 Å². The molecule has 1 aliphatic carbocycles. The lowest BCUT2D eigenvalue weighted by Crippen LogP contribution is -2.55. The number of carbonyl (C=O) groups is 3. The summed E-state index contributed by atoms with van der Waals surface area (Å²) in [7, 11) is 3.25. The Balaban J connectivity index is 1.90. The number of nitrogens with two attached hydrogens (primary N) is 1. The summed E-state index contributed by atoms with van der Waals surface area (Å²) in [4.78, 5) is 40.5. The predicted molar refractivity (Wildman–Crippen MR) is 136 cm³/mol. The van der Waals surface area contributed by atoms with Crippen LogP contribution in [-0.2, 0) is 23.9 Å². The molecule has 1 fully saturated rings. The van der Waals surface area contributed by atoms with E-state index in [-0.39, 0.29) is 43.8 Å². The summed E-state index contributed by atoms with van der Waals surface area (Å²) in [6, 6.07) is 9.88. The Labute approximate surface area is 211 Å². The molecule has 10 heteroatoms. The van der Waals surface area contributed by atoms with Crippen LogP contribution in [0.4, 0.5) is 0 Å². The van der Waals surface area contributed by atoms with Crippen molar-refractivity contribution in [1.82, 2.24) is 15.1 Å². The van der Waals surface area contributed by atoms with Gasteiger partial charge in [0, 0.05) is 57.6 Å². The number of ether oxygens (including phenoxy) is 2. The first kappa shape index (κ1) is 26.9. The molecule has 1 saturated heterocycles. The average Bonchev–Trinajstić information content (AvgIpc) is 2.84. The third-order valence-corrected chi connectivity index (χ3v) is 6.38. The molecule has 1 aromatic carbocycles. The minimum Gasteiger partial charge on any atom is -0.497 e. The molecule has 0 aromatic heterocycles. The van der Waals surface area contributed by atoms with E-state index in [4.69, 9.17) is 20.6 Å². The highest BCUT2D eigenvalue weighted by Crippen LogP contribution is 2.42. The maximum atomic E-state index is 12.8. The Morgan fingerprint density at radius 2 is 1.92 bits per heavy atom. The lowest BCUT2D eigenvalue weighted by molar-refractivity contribution is -0.150. The highest BCUT2D eigenvalue weighted by atomic mass is 16.5. The lowest BCUT2D eigenvalue weighted by Gasteiger charge is -2.41. The van der Waals surface area contributed by atoms with E-state index in [0.717, 1.165) is 16.9 Å². The number of hydrogen-bond acceptors (Lipinski definition) is 6. The van der Waals surface area contributed by atoms with Crippen LogP contribution < -0.4 is 11.1 Å². The molecule has 194 valence electrons. The summed E-state index contributed by atoms with van der Waals surface area (Å²) in [5.74, 6) is -0.300. The first-order chi connectivity index (χ1) is 17.2. The summed E-state index contributed by atoms with van der Waals surface area (Å²) in [6.45, 7) is 1.30. The topological polar surface area (TPSA) is 138 Å². The first-order valence-corrected chi connectivity index (χ1v) is 12.0. The van der Waals surface area contributed by atoms with Gasteiger partial charge >= 0.3 is 0 Å². The predicted octanol–water partition coefficient (Wildman–Crippen LogP) is 1.49. The number of benzene rings is 1. The van der Waals surface area contributed by atoms with Gasteiger partial charge in [0.05, 0.1) is 19.7 Å². The quantitative estimate of drug-likeness (QED) is 0.241. The molecule has 1 aliphatic heterocycles. The van der Waals surface area contributed by atoms with Gasteiger partial charge in [-0.25, -0.2) is 0 Å². The summed E-state index contributed by atoms with van der Waals surface area (Å²) >= 11 is 0. The van der Waals surface area contributed by atoms with E-state index in [9.17, 15) is 14.4 Å². The maximum Gasteiger partial charge on any atom is 0.242 e. The van der Waals surface area contributed by atoms with Crippen molar-refractivity contribution >= 4 is 29.3 Å². The van der Waals surface area contributed by atoms with Crippen LogP contribution in [0.5, 0.6) is 0 Å². The molecule has 0 radical (unpaired) electrons. The fraction of sp³-hybridized carbons (Fsp3) is 0.462. The minimum atomic E-state index is -0.644. The molecular weight excluding hydrogens is 462 g/mol. The van der Waals surface area contributed by atoms with Crippen LogP contribution in [0.15, 0.2) is 48.2 Å². The van der Waals surface area contributed by atoms with Gasteiger partial charge in [0.25, 0.3) is 0 Å². The fourth-order valence-electron chi connectivity index (χ4n) is 4.45. The molecule has 36 heavy (non-hydrogen) atoms. The van der Waals surface area contributed by atoms with E-state index in [2.05, 4.69) is 5.32 Å². The SMILES string of the molecule is COCCCOC1=C(c2ccccc2)C=CC(CCC(=O)NC(=N)N)(CN2CC(=O)N(C)CC2=O)C1.